The fraction of sp³-hybridized carbons (Fsp3) is 0.304. The third-order valence-corrected chi connectivity index (χ3v) is 4.87. The standard InChI is InChI=1S/C23H27N3O/c1-4-26(5-2)16-19-12-10-18(11-13-19)15-24-23(27)21-14-17(3)25-22-9-7-6-8-20(21)22/h6-14H,4-5,15-16H2,1-3H3,(H,24,27). The van der Waals surface area contributed by atoms with E-state index in [2.05, 4.69) is 53.3 Å². The Labute approximate surface area is 161 Å². The van der Waals surface area contributed by atoms with Crippen LogP contribution in [0.5, 0.6) is 0 Å². The molecule has 1 amide bonds. The molecule has 0 aliphatic rings. The molecule has 1 heterocycles. The summed E-state index contributed by atoms with van der Waals surface area (Å²) in [6, 6.07) is 18.1. The van der Waals surface area contributed by atoms with Crippen molar-refractivity contribution in [2.45, 2.75) is 33.9 Å². The van der Waals surface area contributed by atoms with Gasteiger partial charge in [-0.25, -0.2) is 0 Å². The number of rotatable bonds is 7. The average molecular weight is 361 g/mol. The van der Waals surface area contributed by atoms with Crippen molar-refractivity contribution in [3.05, 3.63) is 77.0 Å². The zero-order valence-corrected chi connectivity index (χ0v) is 16.3. The van der Waals surface area contributed by atoms with Crippen LogP contribution in [0.1, 0.15) is 41.0 Å². The molecule has 0 saturated carbocycles. The van der Waals surface area contributed by atoms with Gasteiger partial charge < -0.3 is 5.32 Å². The lowest BCUT2D eigenvalue weighted by atomic mass is 10.1. The largest absolute Gasteiger partial charge is 0.348 e. The Hall–Kier alpha value is -2.72. The number of carbonyl (C=O) groups excluding carboxylic acids is 1. The number of benzene rings is 2. The van der Waals surface area contributed by atoms with Gasteiger partial charge >= 0.3 is 0 Å². The normalized spacial score (nSPS) is 11.1. The van der Waals surface area contributed by atoms with Crippen LogP contribution in [-0.2, 0) is 13.1 Å². The summed E-state index contributed by atoms with van der Waals surface area (Å²) in [5.41, 5.74) is 4.77. The molecule has 3 aromatic rings. The van der Waals surface area contributed by atoms with Gasteiger partial charge in [0.25, 0.3) is 5.91 Å². The maximum Gasteiger partial charge on any atom is 0.252 e. The lowest BCUT2D eigenvalue weighted by Crippen LogP contribution is -2.23. The second-order valence-electron chi connectivity index (χ2n) is 6.79. The Bertz CT molecular complexity index is 915. The van der Waals surface area contributed by atoms with Gasteiger partial charge in [-0.15, -0.1) is 0 Å². The summed E-state index contributed by atoms with van der Waals surface area (Å²) in [6.07, 6.45) is 0. The quantitative estimate of drug-likeness (QED) is 0.682. The zero-order valence-electron chi connectivity index (χ0n) is 16.3. The summed E-state index contributed by atoms with van der Waals surface area (Å²) < 4.78 is 0. The molecular weight excluding hydrogens is 334 g/mol. The minimum Gasteiger partial charge on any atom is -0.348 e. The van der Waals surface area contributed by atoms with Crippen LogP contribution < -0.4 is 5.32 Å². The van der Waals surface area contributed by atoms with Crippen LogP contribution in [0.2, 0.25) is 0 Å². The lowest BCUT2D eigenvalue weighted by Gasteiger charge is -2.18. The molecule has 27 heavy (non-hydrogen) atoms. The molecule has 140 valence electrons. The van der Waals surface area contributed by atoms with E-state index in [4.69, 9.17) is 0 Å². The zero-order chi connectivity index (χ0) is 19.2. The number of nitrogens with zero attached hydrogens (tertiary/aromatic N) is 2. The second kappa shape index (κ2) is 8.78. The predicted octanol–water partition coefficient (Wildman–Crippen LogP) is 4.32. The van der Waals surface area contributed by atoms with Crippen molar-refractivity contribution in [2.75, 3.05) is 13.1 Å². The molecule has 1 N–H and O–H groups in total. The molecule has 4 nitrogen and oxygen atoms in total. The Kier molecular flexibility index (Phi) is 6.20. The first-order chi connectivity index (χ1) is 13.1. The van der Waals surface area contributed by atoms with Crippen LogP contribution in [-0.4, -0.2) is 28.9 Å². The maximum absolute atomic E-state index is 12.7. The number of carbonyl (C=O) groups is 1. The van der Waals surface area contributed by atoms with Gasteiger partial charge in [0.1, 0.15) is 0 Å². The first-order valence-corrected chi connectivity index (χ1v) is 9.55. The summed E-state index contributed by atoms with van der Waals surface area (Å²) in [7, 11) is 0. The Morgan fingerprint density at radius 3 is 2.37 bits per heavy atom. The summed E-state index contributed by atoms with van der Waals surface area (Å²) in [6.45, 7) is 9.84. The van der Waals surface area contributed by atoms with Crippen molar-refractivity contribution in [3.63, 3.8) is 0 Å². The van der Waals surface area contributed by atoms with E-state index in [9.17, 15) is 4.79 Å². The highest BCUT2D eigenvalue weighted by atomic mass is 16.1. The van der Waals surface area contributed by atoms with E-state index in [1.54, 1.807) is 0 Å². The van der Waals surface area contributed by atoms with Crippen LogP contribution in [0, 0.1) is 6.92 Å². The van der Waals surface area contributed by atoms with Crippen molar-refractivity contribution in [2.24, 2.45) is 0 Å². The van der Waals surface area contributed by atoms with Crippen molar-refractivity contribution in [3.8, 4) is 0 Å². The van der Waals surface area contributed by atoms with Crippen LogP contribution in [0.4, 0.5) is 0 Å². The molecule has 0 radical (unpaired) electrons. The third-order valence-electron chi connectivity index (χ3n) is 4.87. The SMILES string of the molecule is CCN(CC)Cc1ccc(CNC(=O)c2cc(C)nc3ccccc23)cc1. The van der Waals surface area contributed by atoms with E-state index in [1.165, 1.54) is 5.56 Å². The summed E-state index contributed by atoms with van der Waals surface area (Å²) in [5, 5.41) is 3.92. The van der Waals surface area contributed by atoms with Crippen molar-refractivity contribution in [1.82, 2.24) is 15.2 Å². The molecule has 0 aliphatic heterocycles. The van der Waals surface area contributed by atoms with Gasteiger partial charge in [-0.2, -0.15) is 0 Å². The first-order valence-electron chi connectivity index (χ1n) is 9.55. The molecule has 0 aliphatic carbocycles. The van der Waals surface area contributed by atoms with Crippen LogP contribution in [0.25, 0.3) is 10.9 Å². The molecule has 0 bridgehead atoms. The molecule has 0 atom stereocenters. The number of hydrogen-bond donors (Lipinski definition) is 1. The number of hydrogen-bond acceptors (Lipinski definition) is 3. The number of pyridine rings is 1. The number of fused-ring (bicyclic) bond motifs is 1. The van der Waals surface area contributed by atoms with Gasteiger partial charge in [0.2, 0.25) is 0 Å². The van der Waals surface area contributed by atoms with Gasteiger partial charge in [-0.3, -0.25) is 14.7 Å². The number of amides is 1. The number of aryl methyl sites for hydroxylation is 1. The fourth-order valence-corrected chi connectivity index (χ4v) is 3.24. The number of aromatic nitrogens is 1. The van der Waals surface area contributed by atoms with E-state index in [0.29, 0.717) is 12.1 Å². The van der Waals surface area contributed by atoms with E-state index >= 15 is 0 Å². The Morgan fingerprint density at radius 2 is 1.67 bits per heavy atom. The molecular formula is C23H27N3O. The second-order valence-corrected chi connectivity index (χ2v) is 6.79. The monoisotopic (exact) mass is 361 g/mol. The summed E-state index contributed by atoms with van der Waals surface area (Å²) >= 11 is 0. The minimum atomic E-state index is -0.0658. The van der Waals surface area contributed by atoms with Crippen LogP contribution >= 0.6 is 0 Å². The molecule has 0 unspecified atom stereocenters. The highest BCUT2D eigenvalue weighted by Crippen LogP contribution is 2.18. The summed E-state index contributed by atoms with van der Waals surface area (Å²) in [4.78, 5) is 19.6. The van der Waals surface area contributed by atoms with Gasteiger partial charge in [-0.05, 0) is 43.3 Å². The minimum absolute atomic E-state index is 0.0658. The van der Waals surface area contributed by atoms with Crippen molar-refractivity contribution >= 4 is 16.8 Å². The highest BCUT2D eigenvalue weighted by molar-refractivity contribution is 6.06. The van der Waals surface area contributed by atoms with E-state index < -0.39 is 0 Å². The van der Waals surface area contributed by atoms with Gasteiger partial charge in [0.05, 0.1) is 11.1 Å². The van der Waals surface area contributed by atoms with Gasteiger partial charge in [0.15, 0.2) is 0 Å². The molecule has 1 aromatic heterocycles. The fourth-order valence-electron chi connectivity index (χ4n) is 3.24. The molecule has 0 fully saturated rings. The molecule has 2 aromatic carbocycles. The molecule has 3 rings (SSSR count). The van der Waals surface area contributed by atoms with Gasteiger partial charge in [0, 0.05) is 24.2 Å². The smallest absolute Gasteiger partial charge is 0.252 e. The van der Waals surface area contributed by atoms with Crippen LogP contribution in [0.15, 0.2) is 54.6 Å². The van der Waals surface area contributed by atoms with Gasteiger partial charge in [-0.1, -0.05) is 56.3 Å². The van der Waals surface area contributed by atoms with Crippen molar-refractivity contribution in [1.29, 1.82) is 0 Å². The maximum atomic E-state index is 12.7. The van der Waals surface area contributed by atoms with E-state index in [1.807, 2.05) is 37.3 Å². The topological polar surface area (TPSA) is 45.2 Å². The third kappa shape index (κ3) is 4.72. The molecule has 0 saturated heterocycles. The predicted molar refractivity (Wildman–Crippen MR) is 111 cm³/mol. The van der Waals surface area contributed by atoms with E-state index in [0.717, 1.165) is 41.8 Å². The Morgan fingerprint density at radius 1 is 1.00 bits per heavy atom. The number of nitrogens with one attached hydrogen (secondary N) is 1. The van der Waals surface area contributed by atoms with Crippen molar-refractivity contribution < 1.29 is 4.79 Å². The van der Waals surface area contributed by atoms with Crippen LogP contribution in [0.3, 0.4) is 0 Å². The Balaban J connectivity index is 1.68. The first kappa shape index (κ1) is 19.1. The molecule has 0 spiro atoms. The highest BCUT2D eigenvalue weighted by Gasteiger charge is 2.11. The average Bonchev–Trinajstić information content (AvgIpc) is 2.70. The van der Waals surface area contributed by atoms with E-state index in [-0.39, 0.29) is 5.91 Å². The molecule has 4 heteroatoms. The summed E-state index contributed by atoms with van der Waals surface area (Å²) in [5.74, 6) is -0.0658. The number of para-hydroxylation sites is 1. The lowest BCUT2D eigenvalue weighted by molar-refractivity contribution is 0.0952.